The van der Waals surface area contributed by atoms with Crippen molar-refractivity contribution in [3.63, 3.8) is 0 Å². The first-order valence-corrected chi connectivity index (χ1v) is 11.7. The summed E-state index contributed by atoms with van der Waals surface area (Å²) >= 11 is 0. The number of rotatable bonds is 10. The number of aryl methyl sites for hydroxylation is 1. The van der Waals surface area contributed by atoms with Gasteiger partial charge in [-0.25, -0.2) is 4.79 Å². The number of carboxylic acid groups (broad SMARTS) is 1. The van der Waals surface area contributed by atoms with E-state index in [0.717, 1.165) is 28.5 Å². The van der Waals surface area contributed by atoms with Gasteiger partial charge in [0.15, 0.2) is 6.10 Å². The second kappa shape index (κ2) is 10.9. The molecule has 0 bridgehead atoms. The number of aromatic nitrogens is 2. The second-order valence-corrected chi connectivity index (χ2v) is 8.36. The van der Waals surface area contributed by atoms with E-state index in [1.807, 2.05) is 89.6 Å². The van der Waals surface area contributed by atoms with Crippen LogP contribution in [-0.2, 0) is 29.1 Å². The van der Waals surface area contributed by atoms with Crippen LogP contribution in [0.25, 0.3) is 17.0 Å². The standard InChI is InChI=1S/C29H28N2O4/c1-3-21-14-16-24(17-15-21)28(32)27-25-8-4-5-9-26(25)31(30-27)18-6-7-22-10-12-23(13-11-22)19-35-20(2)29(33)34/h4-17,20H,3,18-19H2,1-2H3,(H,33,34)/b7-6+/t20-/m1/s1. The van der Waals surface area contributed by atoms with Crippen LogP contribution < -0.4 is 0 Å². The first kappa shape index (κ1) is 24.1. The largest absolute Gasteiger partial charge is 0.479 e. The monoisotopic (exact) mass is 468 g/mol. The maximum Gasteiger partial charge on any atom is 0.332 e. The minimum atomic E-state index is -0.977. The van der Waals surface area contributed by atoms with Crippen molar-refractivity contribution in [2.24, 2.45) is 0 Å². The lowest BCUT2D eigenvalue weighted by Gasteiger charge is -2.08. The van der Waals surface area contributed by atoms with Gasteiger partial charge in [-0.2, -0.15) is 5.10 Å². The number of hydrogen-bond acceptors (Lipinski definition) is 4. The molecule has 1 N–H and O–H groups in total. The van der Waals surface area contributed by atoms with Crippen LogP contribution in [0.2, 0.25) is 0 Å². The number of nitrogens with zero attached hydrogens (tertiary/aromatic N) is 2. The van der Waals surface area contributed by atoms with E-state index in [1.54, 1.807) is 0 Å². The van der Waals surface area contributed by atoms with Crippen molar-refractivity contribution in [1.82, 2.24) is 9.78 Å². The summed E-state index contributed by atoms with van der Waals surface area (Å²) in [5.74, 6) is -1.06. The number of hydrogen-bond donors (Lipinski definition) is 1. The maximum atomic E-state index is 13.2. The average molecular weight is 469 g/mol. The van der Waals surface area contributed by atoms with Gasteiger partial charge >= 0.3 is 5.97 Å². The summed E-state index contributed by atoms with van der Waals surface area (Å²) in [5, 5.41) is 14.4. The van der Waals surface area contributed by atoms with Gasteiger partial charge < -0.3 is 9.84 Å². The van der Waals surface area contributed by atoms with Crippen LogP contribution in [0.3, 0.4) is 0 Å². The molecule has 4 aromatic rings. The number of carboxylic acids is 1. The summed E-state index contributed by atoms with van der Waals surface area (Å²) in [6, 6.07) is 23.2. The Kier molecular flexibility index (Phi) is 7.53. The van der Waals surface area contributed by atoms with Crippen LogP contribution >= 0.6 is 0 Å². The van der Waals surface area contributed by atoms with Gasteiger partial charge in [0.2, 0.25) is 5.78 Å². The smallest absolute Gasteiger partial charge is 0.332 e. The Morgan fingerprint density at radius 2 is 1.69 bits per heavy atom. The van der Waals surface area contributed by atoms with Crippen molar-refractivity contribution in [1.29, 1.82) is 0 Å². The minimum Gasteiger partial charge on any atom is -0.479 e. The number of benzene rings is 3. The highest BCUT2D eigenvalue weighted by atomic mass is 16.5. The summed E-state index contributed by atoms with van der Waals surface area (Å²) in [4.78, 5) is 24.1. The Labute approximate surface area is 204 Å². The van der Waals surface area contributed by atoms with E-state index in [-0.39, 0.29) is 12.4 Å². The van der Waals surface area contributed by atoms with Crippen molar-refractivity contribution in [2.45, 2.75) is 39.5 Å². The first-order valence-electron chi connectivity index (χ1n) is 11.7. The molecule has 0 unspecified atom stereocenters. The lowest BCUT2D eigenvalue weighted by atomic mass is 10.0. The zero-order valence-electron chi connectivity index (χ0n) is 19.8. The van der Waals surface area contributed by atoms with Crippen molar-refractivity contribution >= 4 is 28.7 Å². The molecule has 0 fully saturated rings. The summed E-state index contributed by atoms with van der Waals surface area (Å²) in [5.41, 5.74) is 5.10. The number of allylic oxidation sites excluding steroid dienone is 1. The number of para-hydroxylation sites is 1. The molecule has 0 radical (unpaired) electrons. The number of carbonyl (C=O) groups is 2. The molecule has 0 aliphatic heterocycles. The fraction of sp³-hybridized carbons (Fsp3) is 0.207. The maximum absolute atomic E-state index is 13.2. The average Bonchev–Trinajstić information content (AvgIpc) is 3.26. The van der Waals surface area contributed by atoms with E-state index in [2.05, 4.69) is 12.0 Å². The summed E-state index contributed by atoms with van der Waals surface area (Å²) < 4.78 is 7.16. The molecule has 0 aliphatic carbocycles. The van der Waals surface area contributed by atoms with Crippen LogP contribution in [0.1, 0.15) is 46.6 Å². The molecule has 1 atom stereocenters. The molecular weight excluding hydrogens is 440 g/mol. The van der Waals surface area contributed by atoms with Gasteiger partial charge in [-0.3, -0.25) is 9.48 Å². The number of carbonyl (C=O) groups excluding carboxylic acids is 1. The van der Waals surface area contributed by atoms with Gasteiger partial charge in [0.05, 0.1) is 18.7 Å². The lowest BCUT2D eigenvalue weighted by Crippen LogP contribution is -2.19. The first-order chi connectivity index (χ1) is 17.0. The van der Waals surface area contributed by atoms with E-state index in [4.69, 9.17) is 9.84 Å². The number of ketones is 1. The Morgan fingerprint density at radius 1 is 1.00 bits per heavy atom. The van der Waals surface area contributed by atoms with Crippen LogP contribution in [0.4, 0.5) is 0 Å². The van der Waals surface area contributed by atoms with E-state index < -0.39 is 12.1 Å². The molecule has 1 heterocycles. The van der Waals surface area contributed by atoms with E-state index >= 15 is 0 Å². The lowest BCUT2D eigenvalue weighted by molar-refractivity contribution is -0.149. The predicted octanol–water partition coefficient (Wildman–Crippen LogP) is 5.53. The Hall–Kier alpha value is -4.03. The Morgan fingerprint density at radius 3 is 2.37 bits per heavy atom. The number of ether oxygens (including phenoxy) is 1. The molecule has 0 aliphatic rings. The fourth-order valence-corrected chi connectivity index (χ4v) is 3.77. The van der Waals surface area contributed by atoms with Crippen molar-refractivity contribution in [3.8, 4) is 0 Å². The molecule has 0 amide bonds. The zero-order chi connectivity index (χ0) is 24.8. The molecule has 0 saturated heterocycles. The molecule has 6 heteroatoms. The Bertz CT molecular complexity index is 1350. The third kappa shape index (κ3) is 5.73. The third-order valence-electron chi connectivity index (χ3n) is 5.91. The van der Waals surface area contributed by atoms with Crippen LogP contribution in [0, 0.1) is 0 Å². The highest BCUT2D eigenvalue weighted by Crippen LogP contribution is 2.22. The molecule has 1 aromatic heterocycles. The molecule has 3 aromatic carbocycles. The van der Waals surface area contributed by atoms with Gasteiger partial charge in [-0.1, -0.05) is 85.8 Å². The van der Waals surface area contributed by atoms with Crippen molar-refractivity contribution in [3.05, 3.63) is 107 Å². The SMILES string of the molecule is CCc1ccc(C(=O)c2nn(C/C=C/c3ccc(CO[C@H](C)C(=O)O)cc3)c3ccccc23)cc1. The van der Waals surface area contributed by atoms with Crippen LogP contribution in [0.15, 0.2) is 78.9 Å². The highest BCUT2D eigenvalue weighted by molar-refractivity contribution is 6.14. The van der Waals surface area contributed by atoms with Gasteiger partial charge in [-0.05, 0) is 36.1 Å². The second-order valence-electron chi connectivity index (χ2n) is 8.36. The highest BCUT2D eigenvalue weighted by Gasteiger charge is 2.18. The van der Waals surface area contributed by atoms with Gasteiger partial charge in [0.1, 0.15) is 5.69 Å². The van der Waals surface area contributed by atoms with Gasteiger partial charge in [0, 0.05) is 10.9 Å². The fourth-order valence-electron chi connectivity index (χ4n) is 3.77. The molecular formula is C29H28N2O4. The van der Waals surface area contributed by atoms with E-state index in [0.29, 0.717) is 17.8 Å². The number of aliphatic carboxylic acids is 1. The normalized spacial score (nSPS) is 12.3. The molecule has 6 nitrogen and oxygen atoms in total. The van der Waals surface area contributed by atoms with Crippen LogP contribution in [-0.4, -0.2) is 32.7 Å². The van der Waals surface area contributed by atoms with E-state index in [9.17, 15) is 9.59 Å². The van der Waals surface area contributed by atoms with Crippen molar-refractivity contribution < 1.29 is 19.4 Å². The molecule has 35 heavy (non-hydrogen) atoms. The molecule has 0 spiro atoms. The summed E-state index contributed by atoms with van der Waals surface area (Å²) in [7, 11) is 0. The number of fused-ring (bicyclic) bond motifs is 1. The Balaban J connectivity index is 1.48. The van der Waals surface area contributed by atoms with E-state index in [1.165, 1.54) is 12.5 Å². The zero-order valence-corrected chi connectivity index (χ0v) is 19.8. The quantitative estimate of drug-likeness (QED) is 0.309. The molecule has 4 rings (SSSR count). The van der Waals surface area contributed by atoms with Gasteiger partial charge in [-0.15, -0.1) is 0 Å². The minimum absolute atomic E-state index is 0.0818. The van der Waals surface area contributed by atoms with Crippen molar-refractivity contribution in [2.75, 3.05) is 0 Å². The van der Waals surface area contributed by atoms with Crippen LogP contribution in [0.5, 0.6) is 0 Å². The predicted molar refractivity (Wildman–Crippen MR) is 136 cm³/mol. The third-order valence-corrected chi connectivity index (χ3v) is 5.91. The summed E-state index contributed by atoms with van der Waals surface area (Å²) in [6.45, 7) is 4.36. The topological polar surface area (TPSA) is 81.4 Å². The summed E-state index contributed by atoms with van der Waals surface area (Å²) in [6.07, 6.45) is 4.08. The molecule has 178 valence electrons. The molecule has 0 saturated carbocycles. The van der Waals surface area contributed by atoms with Gasteiger partial charge in [0.25, 0.3) is 0 Å².